The van der Waals surface area contributed by atoms with E-state index in [9.17, 15) is 18.8 Å². The Morgan fingerprint density at radius 2 is 1.89 bits per heavy atom. The van der Waals surface area contributed by atoms with Gasteiger partial charge in [-0.05, 0) is 74.8 Å². The van der Waals surface area contributed by atoms with E-state index in [-0.39, 0.29) is 17.5 Å². The molecule has 2 fully saturated rings. The van der Waals surface area contributed by atoms with Crippen LogP contribution >= 0.6 is 0 Å². The molecule has 7 nitrogen and oxygen atoms in total. The molecule has 0 radical (unpaired) electrons. The third-order valence-corrected chi connectivity index (χ3v) is 6.68. The lowest BCUT2D eigenvalue weighted by molar-refractivity contribution is -0.150. The molecule has 2 N–H and O–H groups in total. The van der Waals surface area contributed by atoms with Gasteiger partial charge in [-0.15, -0.1) is 0 Å². The normalized spacial score (nSPS) is 22.3. The maximum atomic E-state index is 13.4. The fourth-order valence-electron chi connectivity index (χ4n) is 4.89. The largest absolute Gasteiger partial charge is 0.366 e. The first kappa shape index (κ1) is 24.9. The molecule has 0 saturated carbocycles. The molecule has 0 bridgehead atoms. The van der Waals surface area contributed by atoms with Crippen molar-refractivity contribution in [3.63, 3.8) is 0 Å². The number of benzene rings is 2. The molecule has 2 aromatic rings. The summed E-state index contributed by atoms with van der Waals surface area (Å²) in [7, 11) is 0. The zero-order valence-corrected chi connectivity index (χ0v) is 20.0. The second-order valence-electron chi connectivity index (χ2n) is 9.40. The summed E-state index contributed by atoms with van der Waals surface area (Å²) >= 11 is 0. The summed E-state index contributed by atoms with van der Waals surface area (Å²) in [4.78, 5) is 39.5. The predicted octanol–water partition coefficient (Wildman–Crippen LogP) is 4.18. The number of ketones is 1. The zero-order chi connectivity index (χ0) is 24.8. The van der Waals surface area contributed by atoms with E-state index >= 15 is 0 Å². The van der Waals surface area contributed by atoms with Crippen LogP contribution in [0.3, 0.4) is 0 Å². The molecule has 0 spiro atoms. The summed E-state index contributed by atoms with van der Waals surface area (Å²) < 4.78 is 19.1. The average molecular weight is 482 g/mol. The maximum absolute atomic E-state index is 13.4. The fourth-order valence-corrected chi connectivity index (χ4v) is 4.89. The van der Waals surface area contributed by atoms with Gasteiger partial charge in [0.25, 0.3) is 5.91 Å². The van der Waals surface area contributed by atoms with Gasteiger partial charge in [-0.1, -0.05) is 24.3 Å². The molecule has 0 aliphatic carbocycles. The number of urea groups is 1. The number of amides is 3. The van der Waals surface area contributed by atoms with Crippen LogP contribution in [0.15, 0.2) is 48.5 Å². The number of rotatable bonds is 6. The first-order valence-electron chi connectivity index (χ1n) is 12.2. The first-order valence-corrected chi connectivity index (χ1v) is 12.2. The van der Waals surface area contributed by atoms with Gasteiger partial charge in [0.2, 0.25) is 0 Å². The van der Waals surface area contributed by atoms with Crippen molar-refractivity contribution in [2.45, 2.75) is 51.2 Å². The van der Waals surface area contributed by atoms with E-state index in [4.69, 9.17) is 4.74 Å². The quantitative estimate of drug-likeness (QED) is 0.606. The summed E-state index contributed by atoms with van der Waals surface area (Å²) in [6.45, 7) is 3.23. The number of carbonyl (C=O) groups is 3. The molecule has 3 atom stereocenters. The van der Waals surface area contributed by atoms with E-state index in [0.29, 0.717) is 43.3 Å². The van der Waals surface area contributed by atoms with Gasteiger partial charge in [0.05, 0.1) is 6.04 Å². The molecule has 0 unspecified atom stereocenters. The molecule has 8 heteroatoms. The van der Waals surface area contributed by atoms with Crippen LogP contribution in [0.5, 0.6) is 0 Å². The highest BCUT2D eigenvalue weighted by Gasteiger charge is 2.37. The number of hydrogen-bond acceptors (Lipinski definition) is 4. The van der Waals surface area contributed by atoms with Crippen molar-refractivity contribution in [2.24, 2.45) is 5.92 Å². The predicted molar refractivity (Wildman–Crippen MR) is 131 cm³/mol. The number of Topliss-reactive ketones (excluding diaryl/α,β-unsaturated/α-hetero) is 1. The third-order valence-electron chi connectivity index (χ3n) is 6.68. The van der Waals surface area contributed by atoms with Crippen LogP contribution in [0, 0.1) is 11.7 Å². The fraction of sp³-hybridized carbons (Fsp3) is 0.444. The minimum atomic E-state index is -0.734. The molecule has 0 aromatic heterocycles. The highest BCUT2D eigenvalue weighted by Crippen LogP contribution is 2.24. The number of carbonyl (C=O) groups excluding carboxylic acids is 3. The second-order valence-corrected chi connectivity index (χ2v) is 9.40. The zero-order valence-electron chi connectivity index (χ0n) is 20.0. The minimum Gasteiger partial charge on any atom is -0.366 e. The Balaban J connectivity index is 1.36. The minimum absolute atomic E-state index is 0.0836. The second kappa shape index (κ2) is 11.4. The molecule has 4 rings (SSSR count). The Kier molecular flexibility index (Phi) is 8.13. The molecule has 2 heterocycles. The van der Waals surface area contributed by atoms with Crippen LogP contribution in [-0.2, 0) is 16.0 Å². The van der Waals surface area contributed by atoms with Crippen molar-refractivity contribution in [3.05, 3.63) is 65.5 Å². The third kappa shape index (κ3) is 6.66. The lowest BCUT2D eigenvalue weighted by Crippen LogP contribution is -2.56. The van der Waals surface area contributed by atoms with Crippen LogP contribution in [0.2, 0.25) is 0 Å². The van der Waals surface area contributed by atoms with Crippen molar-refractivity contribution in [2.75, 3.05) is 25.0 Å². The Bertz CT molecular complexity index is 1060. The topological polar surface area (TPSA) is 87.7 Å². The molecule has 186 valence electrons. The highest BCUT2D eigenvalue weighted by molar-refractivity contribution is 5.97. The highest BCUT2D eigenvalue weighted by atomic mass is 19.1. The number of ether oxygens (including phenoxy) is 1. The van der Waals surface area contributed by atoms with Crippen molar-refractivity contribution >= 4 is 23.4 Å². The van der Waals surface area contributed by atoms with Gasteiger partial charge in [0.1, 0.15) is 5.82 Å². The van der Waals surface area contributed by atoms with Crippen molar-refractivity contribution < 1.29 is 23.5 Å². The smallest absolute Gasteiger partial charge is 0.319 e. The van der Waals surface area contributed by atoms with Gasteiger partial charge in [-0.3, -0.25) is 9.59 Å². The van der Waals surface area contributed by atoms with E-state index in [0.717, 1.165) is 31.2 Å². The summed E-state index contributed by atoms with van der Waals surface area (Å²) in [6, 6.07) is 12.4. The summed E-state index contributed by atoms with van der Waals surface area (Å²) in [5, 5.41) is 5.65. The lowest BCUT2D eigenvalue weighted by atomic mass is 9.90. The summed E-state index contributed by atoms with van der Waals surface area (Å²) in [5.41, 5.74) is 2.08. The van der Waals surface area contributed by atoms with Crippen LogP contribution in [-0.4, -0.2) is 54.5 Å². The van der Waals surface area contributed by atoms with E-state index in [1.165, 1.54) is 19.1 Å². The Morgan fingerprint density at radius 3 is 2.66 bits per heavy atom. The van der Waals surface area contributed by atoms with Gasteiger partial charge >= 0.3 is 6.03 Å². The lowest BCUT2D eigenvalue weighted by Gasteiger charge is -2.38. The van der Waals surface area contributed by atoms with Crippen LogP contribution < -0.4 is 10.6 Å². The van der Waals surface area contributed by atoms with Gasteiger partial charge in [0.15, 0.2) is 11.9 Å². The Morgan fingerprint density at radius 1 is 1.09 bits per heavy atom. The SMILES string of the molecule is CC(=O)c1cccc(NC(=O)N[C@@H]2CCCO[C@@H]2C(=O)N2CCC[C@@H](Cc3ccc(F)cc3)C2)c1. The molecule has 2 saturated heterocycles. The molecule has 35 heavy (non-hydrogen) atoms. The van der Waals surface area contributed by atoms with Crippen LogP contribution in [0.25, 0.3) is 0 Å². The van der Waals surface area contributed by atoms with Gasteiger partial charge in [-0.2, -0.15) is 0 Å². The van der Waals surface area contributed by atoms with Gasteiger partial charge in [0, 0.05) is 30.9 Å². The monoisotopic (exact) mass is 481 g/mol. The average Bonchev–Trinajstić information content (AvgIpc) is 2.85. The van der Waals surface area contributed by atoms with Crippen molar-refractivity contribution in [1.82, 2.24) is 10.2 Å². The Labute approximate surface area is 205 Å². The van der Waals surface area contributed by atoms with E-state index < -0.39 is 18.2 Å². The Hall–Kier alpha value is -3.26. The van der Waals surface area contributed by atoms with E-state index in [2.05, 4.69) is 10.6 Å². The maximum Gasteiger partial charge on any atom is 0.319 e. The number of nitrogens with zero attached hydrogens (tertiary/aromatic N) is 1. The van der Waals surface area contributed by atoms with Gasteiger partial charge < -0.3 is 20.3 Å². The van der Waals surface area contributed by atoms with Crippen LogP contribution in [0.4, 0.5) is 14.9 Å². The van der Waals surface area contributed by atoms with Crippen molar-refractivity contribution in [3.8, 4) is 0 Å². The molecular weight excluding hydrogens is 449 g/mol. The molecule has 2 aliphatic rings. The number of nitrogens with one attached hydrogen (secondary N) is 2. The van der Waals surface area contributed by atoms with Gasteiger partial charge in [-0.25, -0.2) is 9.18 Å². The number of hydrogen-bond donors (Lipinski definition) is 2. The molecule has 2 aliphatic heterocycles. The number of halogens is 1. The number of anilines is 1. The summed E-state index contributed by atoms with van der Waals surface area (Å²) in [6.07, 6.45) is 3.36. The van der Waals surface area contributed by atoms with E-state index in [1.807, 2.05) is 4.90 Å². The standard InChI is InChI=1S/C27H32FN3O4/c1-18(32)21-6-2-7-23(16-21)29-27(34)30-24-8-4-14-35-25(24)26(33)31-13-3-5-20(17-31)15-19-9-11-22(28)12-10-19/h2,6-7,9-12,16,20,24-25H,3-5,8,13-15,17H2,1H3,(H2,29,30,34)/t20-,24+,25-/m0/s1. The van der Waals surface area contributed by atoms with Crippen molar-refractivity contribution in [1.29, 1.82) is 0 Å². The molecule has 3 amide bonds. The molecular formula is C27H32FN3O4. The van der Waals surface area contributed by atoms with E-state index in [1.54, 1.807) is 36.4 Å². The molecule has 2 aromatic carbocycles. The van der Waals surface area contributed by atoms with Crippen LogP contribution in [0.1, 0.15) is 48.5 Å². The number of piperidine rings is 1. The summed E-state index contributed by atoms with van der Waals surface area (Å²) in [5.74, 6) is -0.139. The first-order chi connectivity index (χ1) is 16.9. The number of likely N-dealkylation sites (tertiary alicyclic amines) is 1.